The normalized spacial score (nSPS) is 11.8. The Morgan fingerprint density at radius 3 is 2.64 bits per heavy atom. The molecular formula is C13H7F3N4O2. The third-order valence-corrected chi connectivity index (χ3v) is 3.08. The van der Waals surface area contributed by atoms with Gasteiger partial charge in [-0.15, -0.1) is 0 Å². The maximum absolute atomic E-state index is 12.7. The molecule has 1 aromatic carbocycles. The van der Waals surface area contributed by atoms with Crippen molar-refractivity contribution in [1.82, 2.24) is 15.2 Å². The molecule has 0 aliphatic heterocycles. The number of alkyl halides is 3. The van der Waals surface area contributed by atoms with Gasteiger partial charge in [-0.2, -0.15) is 18.3 Å². The number of H-pyrrole nitrogens is 1. The molecule has 0 spiro atoms. The number of hydrogen-bond acceptors (Lipinski definition) is 4. The summed E-state index contributed by atoms with van der Waals surface area (Å²) >= 11 is 0. The Morgan fingerprint density at radius 1 is 1.18 bits per heavy atom. The molecule has 1 N–H and O–H groups in total. The summed E-state index contributed by atoms with van der Waals surface area (Å²) in [5.74, 6) is 0. The first kappa shape index (κ1) is 14.0. The van der Waals surface area contributed by atoms with Crippen LogP contribution in [0.4, 0.5) is 18.9 Å². The van der Waals surface area contributed by atoms with Crippen LogP contribution in [0.1, 0.15) is 5.69 Å². The van der Waals surface area contributed by atoms with Gasteiger partial charge in [-0.25, -0.2) is 0 Å². The van der Waals surface area contributed by atoms with Gasteiger partial charge < -0.3 is 0 Å². The van der Waals surface area contributed by atoms with Crippen LogP contribution in [0.3, 0.4) is 0 Å². The van der Waals surface area contributed by atoms with Gasteiger partial charge in [0.05, 0.1) is 10.4 Å². The predicted octanol–water partition coefficient (Wildman–Crippen LogP) is 3.55. The standard InChI is InChI=1S/C13H7F3N4O2/c14-13(15,16)11-5-7(3-4-17-11)12-9-6-8(20(21)22)1-2-10(9)18-19-12/h1-6H,(H,18,19). The van der Waals surface area contributed by atoms with Gasteiger partial charge in [-0.1, -0.05) is 0 Å². The van der Waals surface area contributed by atoms with E-state index in [-0.39, 0.29) is 16.9 Å². The highest BCUT2D eigenvalue weighted by Crippen LogP contribution is 2.33. The van der Waals surface area contributed by atoms with Gasteiger partial charge >= 0.3 is 6.18 Å². The molecule has 0 radical (unpaired) electrons. The van der Waals surface area contributed by atoms with E-state index in [0.717, 1.165) is 12.3 Å². The Morgan fingerprint density at radius 2 is 1.95 bits per heavy atom. The topological polar surface area (TPSA) is 84.7 Å². The van der Waals surface area contributed by atoms with Gasteiger partial charge in [0.15, 0.2) is 0 Å². The van der Waals surface area contributed by atoms with Gasteiger partial charge in [-0.05, 0) is 18.2 Å². The fraction of sp³-hybridized carbons (Fsp3) is 0.0769. The van der Waals surface area contributed by atoms with Crippen molar-refractivity contribution in [2.45, 2.75) is 6.18 Å². The summed E-state index contributed by atoms with van der Waals surface area (Å²) < 4.78 is 38.1. The maximum atomic E-state index is 12.7. The molecule has 0 bridgehead atoms. The zero-order valence-corrected chi connectivity index (χ0v) is 10.8. The predicted molar refractivity (Wildman–Crippen MR) is 71.0 cm³/mol. The van der Waals surface area contributed by atoms with E-state index >= 15 is 0 Å². The summed E-state index contributed by atoms with van der Waals surface area (Å²) in [4.78, 5) is 13.5. The Kier molecular flexibility index (Phi) is 3.05. The van der Waals surface area contributed by atoms with Crippen LogP contribution >= 0.6 is 0 Å². The number of nitrogens with zero attached hydrogens (tertiary/aromatic N) is 3. The minimum atomic E-state index is -4.58. The Hall–Kier alpha value is -2.97. The number of nitrogens with one attached hydrogen (secondary N) is 1. The van der Waals surface area contributed by atoms with Crippen LogP contribution in [-0.2, 0) is 6.18 Å². The lowest BCUT2D eigenvalue weighted by atomic mass is 10.1. The molecule has 0 saturated carbocycles. The summed E-state index contributed by atoms with van der Waals surface area (Å²) in [6, 6.07) is 6.23. The van der Waals surface area contributed by atoms with Gasteiger partial charge in [-0.3, -0.25) is 20.2 Å². The molecule has 112 valence electrons. The number of halogens is 3. The lowest BCUT2D eigenvalue weighted by molar-refractivity contribution is -0.384. The fourth-order valence-corrected chi connectivity index (χ4v) is 2.07. The zero-order chi connectivity index (χ0) is 15.9. The van der Waals surface area contributed by atoms with Crippen LogP contribution in [-0.4, -0.2) is 20.1 Å². The van der Waals surface area contributed by atoms with Crippen LogP contribution in [0, 0.1) is 10.1 Å². The quantitative estimate of drug-likeness (QED) is 0.579. The van der Waals surface area contributed by atoms with E-state index in [1.165, 1.54) is 24.3 Å². The largest absolute Gasteiger partial charge is 0.433 e. The van der Waals surface area contributed by atoms with Gasteiger partial charge in [0.25, 0.3) is 5.69 Å². The van der Waals surface area contributed by atoms with E-state index in [1.54, 1.807) is 0 Å². The number of rotatable bonds is 2. The van der Waals surface area contributed by atoms with Crippen molar-refractivity contribution in [3.63, 3.8) is 0 Å². The van der Waals surface area contributed by atoms with E-state index in [9.17, 15) is 23.3 Å². The molecule has 9 heteroatoms. The van der Waals surface area contributed by atoms with Gasteiger partial charge in [0, 0.05) is 29.3 Å². The molecule has 0 amide bonds. The van der Waals surface area contributed by atoms with Gasteiger partial charge in [0.2, 0.25) is 0 Å². The first-order valence-electron chi connectivity index (χ1n) is 6.02. The molecule has 3 aromatic rings. The molecule has 0 aliphatic rings. The number of nitro groups is 1. The molecule has 0 unspecified atom stereocenters. The summed E-state index contributed by atoms with van der Waals surface area (Å²) in [7, 11) is 0. The smallest absolute Gasteiger partial charge is 0.277 e. The molecule has 2 aromatic heterocycles. The number of hydrogen-bond donors (Lipinski definition) is 1. The Bertz CT molecular complexity index is 873. The highest BCUT2D eigenvalue weighted by molar-refractivity contribution is 5.94. The molecule has 0 saturated heterocycles. The molecule has 22 heavy (non-hydrogen) atoms. The van der Waals surface area contributed by atoms with Crippen molar-refractivity contribution >= 4 is 16.6 Å². The van der Waals surface area contributed by atoms with E-state index < -0.39 is 16.8 Å². The van der Waals surface area contributed by atoms with Crippen LogP contribution in [0.15, 0.2) is 36.5 Å². The number of pyridine rings is 1. The third kappa shape index (κ3) is 2.36. The van der Waals surface area contributed by atoms with Crippen molar-refractivity contribution in [3.05, 3.63) is 52.3 Å². The molecule has 0 aliphatic carbocycles. The van der Waals surface area contributed by atoms with Crippen LogP contribution in [0.5, 0.6) is 0 Å². The van der Waals surface area contributed by atoms with Crippen molar-refractivity contribution < 1.29 is 18.1 Å². The number of aromatic amines is 1. The van der Waals surface area contributed by atoms with E-state index in [1.807, 2.05) is 0 Å². The van der Waals surface area contributed by atoms with E-state index in [4.69, 9.17) is 0 Å². The number of benzene rings is 1. The van der Waals surface area contributed by atoms with Crippen LogP contribution in [0.2, 0.25) is 0 Å². The summed E-state index contributed by atoms with van der Waals surface area (Å²) in [6.45, 7) is 0. The fourth-order valence-electron chi connectivity index (χ4n) is 2.07. The number of aromatic nitrogens is 3. The molecular weight excluding hydrogens is 301 g/mol. The Labute approximate surface area is 120 Å². The van der Waals surface area contributed by atoms with Gasteiger partial charge in [0.1, 0.15) is 11.4 Å². The first-order valence-corrected chi connectivity index (χ1v) is 6.02. The summed E-state index contributed by atoms with van der Waals surface area (Å²) in [5, 5.41) is 17.8. The second-order valence-electron chi connectivity index (χ2n) is 4.49. The summed E-state index contributed by atoms with van der Waals surface area (Å²) in [6.07, 6.45) is -3.55. The van der Waals surface area contributed by atoms with Crippen molar-refractivity contribution in [2.24, 2.45) is 0 Å². The summed E-state index contributed by atoms with van der Waals surface area (Å²) in [5.41, 5.74) is -0.349. The van der Waals surface area contributed by atoms with Crippen LogP contribution in [0.25, 0.3) is 22.2 Å². The Balaban J connectivity index is 2.18. The highest BCUT2D eigenvalue weighted by atomic mass is 19.4. The maximum Gasteiger partial charge on any atom is 0.433 e. The SMILES string of the molecule is O=[N+]([O-])c1ccc2[nH]nc(-c3ccnc(C(F)(F)F)c3)c2c1. The molecule has 6 nitrogen and oxygen atoms in total. The zero-order valence-electron chi connectivity index (χ0n) is 10.8. The lowest BCUT2D eigenvalue weighted by Gasteiger charge is -2.06. The second kappa shape index (κ2) is 4.79. The number of non-ortho nitro benzene ring substituents is 1. The monoisotopic (exact) mass is 308 g/mol. The second-order valence-corrected chi connectivity index (χ2v) is 4.49. The number of fused-ring (bicyclic) bond motifs is 1. The average molecular weight is 308 g/mol. The highest BCUT2D eigenvalue weighted by Gasteiger charge is 2.32. The van der Waals surface area contributed by atoms with Crippen molar-refractivity contribution in [1.29, 1.82) is 0 Å². The third-order valence-electron chi connectivity index (χ3n) is 3.08. The minimum absolute atomic E-state index is 0.166. The van der Waals surface area contributed by atoms with Crippen LogP contribution < -0.4 is 0 Å². The molecule has 0 fully saturated rings. The van der Waals surface area contributed by atoms with E-state index in [0.29, 0.717) is 10.9 Å². The number of nitro benzene ring substituents is 1. The lowest BCUT2D eigenvalue weighted by Crippen LogP contribution is -2.07. The molecule has 2 heterocycles. The minimum Gasteiger partial charge on any atom is -0.277 e. The molecule has 0 atom stereocenters. The molecule has 3 rings (SSSR count). The first-order chi connectivity index (χ1) is 10.4. The van der Waals surface area contributed by atoms with Crippen molar-refractivity contribution in [3.8, 4) is 11.3 Å². The van der Waals surface area contributed by atoms with E-state index in [2.05, 4.69) is 15.2 Å². The average Bonchev–Trinajstić information content (AvgIpc) is 2.89. The van der Waals surface area contributed by atoms with Crippen molar-refractivity contribution in [2.75, 3.05) is 0 Å².